The van der Waals surface area contributed by atoms with Crippen molar-refractivity contribution in [2.45, 2.75) is 6.42 Å². The van der Waals surface area contributed by atoms with Crippen LogP contribution in [0.2, 0.25) is 0 Å². The summed E-state index contributed by atoms with van der Waals surface area (Å²) in [4.78, 5) is 26.7. The highest BCUT2D eigenvalue weighted by Gasteiger charge is 2.16. The largest absolute Gasteiger partial charge is 0.513 e. The summed E-state index contributed by atoms with van der Waals surface area (Å²) < 4.78 is 17.3. The van der Waals surface area contributed by atoms with Gasteiger partial charge in [0.25, 0.3) is 5.69 Å². The van der Waals surface area contributed by atoms with E-state index in [9.17, 15) is 19.3 Å². The number of halogens is 1. The van der Waals surface area contributed by atoms with Crippen molar-refractivity contribution in [3.63, 3.8) is 0 Å². The van der Waals surface area contributed by atoms with Gasteiger partial charge >= 0.3 is 12.2 Å². The van der Waals surface area contributed by atoms with E-state index in [1.54, 1.807) is 0 Å². The summed E-state index contributed by atoms with van der Waals surface area (Å²) in [5.74, 6) is -0.711. The van der Waals surface area contributed by atoms with Crippen LogP contribution in [0.3, 0.4) is 0 Å². The molecule has 20 heavy (non-hydrogen) atoms. The molecule has 0 radical (unpaired) electrons. The van der Waals surface area contributed by atoms with Gasteiger partial charge in [-0.3, -0.25) is 10.1 Å². The Balaban J connectivity index is 2.23. The molecule has 8 nitrogen and oxygen atoms in total. The van der Waals surface area contributed by atoms with E-state index in [-0.39, 0.29) is 23.7 Å². The molecule has 0 aliphatic heterocycles. The third kappa shape index (κ3) is 3.07. The van der Waals surface area contributed by atoms with Crippen molar-refractivity contribution in [3.05, 3.63) is 51.6 Å². The van der Waals surface area contributed by atoms with Crippen LogP contribution >= 0.6 is 0 Å². The van der Waals surface area contributed by atoms with Gasteiger partial charge in [0, 0.05) is 18.2 Å². The zero-order chi connectivity index (χ0) is 14.7. The summed E-state index contributed by atoms with van der Waals surface area (Å²) in [7, 11) is 0. The normalized spacial score (nSPS) is 10.2. The van der Waals surface area contributed by atoms with Crippen molar-refractivity contribution in [1.82, 2.24) is 9.97 Å². The van der Waals surface area contributed by atoms with E-state index in [1.165, 1.54) is 12.3 Å². The summed E-state index contributed by atoms with van der Waals surface area (Å²) >= 11 is 0. The van der Waals surface area contributed by atoms with Crippen molar-refractivity contribution in [1.29, 1.82) is 0 Å². The zero-order valence-corrected chi connectivity index (χ0v) is 9.87. The van der Waals surface area contributed by atoms with E-state index < -0.39 is 16.9 Å². The fourth-order valence-corrected chi connectivity index (χ4v) is 1.62. The molecule has 0 amide bonds. The molecule has 0 saturated heterocycles. The third-order valence-corrected chi connectivity index (χ3v) is 2.41. The Bertz CT molecular complexity index is 670. The van der Waals surface area contributed by atoms with E-state index in [1.807, 2.05) is 0 Å². The van der Waals surface area contributed by atoms with Crippen molar-refractivity contribution in [2.24, 2.45) is 0 Å². The first-order chi connectivity index (χ1) is 9.45. The number of nitrogens with zero attached hydrogens (tertiary/aromatic N) is 2. The van der Waals surface area contributed by atoms with Crippen LogP contribution in [0.1, 0.15) is 11.3 Å². The maximum Gasteiger partial charge on any atom is 0.513 e. The minimum Gasteiger partial charge on any atom is -0.449 e. The van der Waals surface area contributed by atoms with E-state index in [4.69, 9.17) is 5.11 Å². The van der Waals surface area contributed by atoms with Crippen LogP contribution in [0.15, 0.2) is 24.4 Å². The average molecular weight is 281 g/mol. The first-order valence-electron chi connectivity index (χ1n) is 5.33. The number of aromatic amines is 1. The van der Waals surface area contributed by atoms with Crippen LogP contribution in [0.5, 0.6) is 6.01 Å². The number of hydrogen-bond acceptors (Lipinski definition) is 5. The number of rotatable bonds is 4. The van der Waals surface area contributed by atoms with Crippen molar-refractivity contribution >= 4 is 11.8 Å². The van der Waals surface area contributed by atoms with Crippen LogP contribution in [0.25, 0.3) is 0 Å². The highest BCUT2D eigenvalue weighted by Crippen LogP contribution is 2.22. The van der Waals surface area contributed by atoms with E-state index in [0.717, 1.165) is 12.1 Å². The summed E-state index contributed by atoms with van der Waals surface area (Å²) in [5, 5.41) is 19.2. The smallest absolute Gasteiger partial charge is 0.449 e. The summed E-state index contributed by atoms with van der Waals surface area (Å²) in [6.07, 6.45) is -0.139. The van der Waals surface area contributed by atoms with E-state index in [2.05, 4.69) is 14.7 Å². The lowest BCUT2D eigenvalue weighted by atomic mass is 10.1. The molecular formula is C11H8FN3O5. The highest BCUT2D eigenvalue weighted by molar-refractivity contribution is 5.59. The van der Waals surface area contributed by atoms with E-state index >= 15 is 0 Å². The number of aromatic nitrogens is 2. The first kappa shape index (κ1) is 13.5. The molecule has 0 saturated carbocycles. The van der Waals surface area contributed by atoms with Crippen LogP contribution in [0.4, 0.5) is 14.9 Å². The minimum absolute atomic E-state index is 0.0378. The van der Waals surface area contributed by atoms with Gasteiger partial charge in [0.2, 0.25) is 0 Å². The molecule has 0 aliphatic rings. The second kappa shape index (κ2) is 5.34. The van der Waals surface area contributed by atoms with Gasteiger partial charge in [0.05, 0.1) is 16.7 Å². The monoisotopic (exact) mass is 281 g/mol. The number of benzene rings is 1. The summed E-state index contributed by atoms with van der Waals surface area (Å²) in [5.41, 5.74) is 0.217. The predicted octanol–water partition coefficient (Wildman–Crippen LogP) is 2.10. The lowest BCUT2D eigenvalue weighted by Crippen LogP contribution is -2.04. The number of imidazole rings is 1. The van der Waals surface area contributed by atoms with E-state index in [0.29, 0.717) is 5.69 Å². The molecule has 2 aromatic rings. The Hall–Kier alpha value is -2.97. The standard InChI is InChI=1S/C11H8FN3O5/c12-7-2-1-6(9(4-7)15(18)19)3-8-5-13-10(14-8)20-11(16)17/h1-2,4-5H,3H2,(H,13,14)(H,16,17). The molecule has 0 spiro atoms. The van der Waals surface area contributed by atoms with Crippen molar-refractivity contribution < 1.29 is 24.0 Å². The van der Waals surface area contributed by atoms with Gasteiger partial charge in [-0.05, 0) is 12.1 Å². The predicted molar refractivity (Wildman–Crippen MR) is 63.1 cm³/mol. The topological polar surface area (TPSA) is 118 Å². The Morgan fingerprint density at radius 1 is 1.55 bits per heavy atom. The Labute approximate surface area is 111 Å². The SMILES string of the molecule is O=C(O)Oc1nc(Cc2ccc(F)cc2[N+](=O)[O-])c[nH]1. The molecule has 9 heteroatoms. The fourth-order valence-electron chi connectivity index (χ4n) is 1.62. The summed E-state index contributed by atoms with van der Waals surface area (Å²) in [6, 6.07) is 2.96. The average Bonchev–Trinajstić information content (AvgIpc) is 2.77. The molecule has 1 aromatic carbocycles. The maximum absolute atomic E-state index is 13.0. The highest BCUT2D eigenvalue weighted by atomic mass is 19.1. The number of nitro groups is 1. The van der Waals surface area contributed by atoms with Gasteiger partial charge in [0.15, 0.2) is 0 Å². The molecule has 0 atom stereocenters. The van der Waals surface area contributed by atoms with Gasteiger partial charge in [-0.1, -0.05) is 0 Å². The molecule has 0 bridgehead atoms. The molecule has 1 aromatic heterocycles. The minimum atomic E-state index is -1.53. The first-order valence-corrected chi connectivity index (χ1v) is 5.33. The molecule has 2 rings (SSSR count). The molecular weight excluding hydrogens is 273 g/mol. The second-order valence-electron chi connectivity index (χ2n) is 3.77. The maximum atomic E-state index is 13.0. The zero-order valence-electron chi connectivity index (χ0n) is 9.87. The number of H-pyrrole nitrogens is 1. The second-order valence-corrected chi connectivity index (χ2v) is 3.77. The van der Waals surface area contributed by atoms with Crippen LogP contribution in [-0.4, -0.2) is 26.2 Å². The molecule has 0 unspecified atom stereocenters. The van der Waals surface area contributed by atoms with Gasteiger partial charge < -0.3 is 14.8 Å². The quantitative estimate of drug-likeness (QED) is 0.503. The fraction of sp³-hybridized carbons (Fsp3) is 0.0909. The van der Waals surface area contributed by atoms with Crippen molar-refractivity contribution in [2.75, 3.05) is 0 Å². The summed E-state index contributed by atoms with van der Waals surface area (Å²) in [6.45, 7) is 0. The molecule has 0 fully saturated rings. The van der Waals surface area contributed by atoms with Gasteiger partial charge in [-0.15, -0.1) is 0 Å². The van der Waals surface area contributed by atoms with Gasteiger partial charge in [-0.25, -0.2) is 9.18 Å². The molecule has 104 valence electrons. The Morgan fingerprint density at radius 3 is 2.95 bits per heavy atom. The Morgan fingerprint density at radius 2 is 2.30 bits per heavy atom. The number of carbonyl (C=O) groups is 1. The number of hydrogen-bond donors (Lipinski definition) is 2. The number of carboxylic acid groups (broad SMARTS) is 1. The van der Waals surface area contributed by atoms with Crippen molar-refractivity contribution in [3.8, 4) is 6.01 Å². The molecule has 1 heterocycles. The van der Waals surface area contributed by atoms with Crippen LogP contribution < -0.4 is 4.74 Å². The van der Waals surface area contributed by atoms with Gasteiger partial charge in [0.1, 0.15) is 5.82 Å². The van der Waals surface area contributed by atoms with Crippen LogP contribution in [0, 0.1) is 15.9 Å². The molecule has 0 aliphatic carbocycles. The number of nitro benzene ring substituents is 1. The van der Waals surface area contributed by atoms with Gasteiger partial charge in [-0.2, -0.15) is 4.98 Å². The third-order valence-electron chi connectivity index (χ3n) is 2.41. The lowest BCUT2D eigenvalue weighted by Gasteiger charge is -2.00. The lowest BCUT2D eigenvalue weighted by molar-refractivity contribution is -0.385. The van der Waals surface area contributed by atoms with Crippen LogP contribution in [-0.2, 0) is 6.42 Å². The number of ether oxygens (including phenoxy) is 1. The number of nitrogens with one attached hydrogen (secondary N) is 1. The Kier molecular flexibility index (Phi) is 3.60. The molecule has 2 N–H and O–H groups in total.